The number of aliphatic hydroxyl groups excluding tert-OH is 1. The molecule has 4 aromatic carbocycles. The summed E-state index contributed by atoms with van der Waals surface area (Å²) in [7, 11) is 3.23. The first-order chi connectivity index (χ1) is 21.3. The van der Waals surface area contributed by atoms with Gasteiger partial charge in [-0.05, 0) is 79.4 Å². The molecule has 0 radical (unpaired) electrons. The zero-order chi connectivity index (χ0) is 31.5. The molecule has 0 aliphatic carbocycles. The molecule has 0 saturated heterocycles. The summed E-state index contributed by atoms with van der Waals surface area (Å²) in [6, 6.07) is 30.7. The first-order valence-electron chi connectivity index (χ1n) is 14.7. The molecule has 0 heterocycles. The van der Waals surface area contributed by atoms with Crippen molar-refractivity contribution in [2.24, 2.45) is 0 Å². The molecule has 4 N–H and O–H groups in total. The Bertz CT molecular complexity index is 1510. The van der Waals surface area contributed by atoms with Crippen molar-refractivity contribution in [2.75, 3.05) is 20.8 Å². The minimum absolute atomic E-state index is 0.0525. The highest BCUT2D eigenvalue weighted by atomic mass is 16.5. The SMILES string of the molecule is COc1ccc([C@@H](C)NC(=O)c2cccc(C(=O)N[C@@H](Cc3ccccc3)[C@H](O)CN[C@H](C)c3cccc(OC)c3)c2)cc1. The van der Waals surface area contributed by atoms with Gasteiger partial charge in [0, 0.05) is 23.7 Å². The van der Waals surface area contributed by atoms with Crippen molar-refractivity contribution in [3.05, 3.63) is 131 Å². The van der Waals surface area contributed by atoms with Crippen LogP contribution in [0.25, 0.3) is 0 Å². The lowest BCUT2D eigenvalue weighted by Crippen LogP contribution is -2.49. The Morgan fingerprint density at radius 1 is 0.682 bits per heavy atom. The van der Waals surface area contributed by atoms with Gasteiger partial charge in [0.2, 0.25) is 0 Å². The molecule has 0 saturated carbocycles. The van der Waals surface area contributed by atoms with Gasteiger partial charge in [0.25, 0.3) is 11.8 Å². The van der Waals surface area contributed by atoms with Gasteiger partial charge in [-0.15, -0.1) is 0 Å². The molecule has 0 aliphatic heterocycles. The molecule has 0 unspecified atom stereocenters. The summed E-state index contributed by atoms with van der Waals surface area (Å²) < 4.78 is 10.5. The minimum Gasteiger partial charge on any atom is -0.497 e. The van der Waals surface area contributed by atoms with Crippen LogP contribution < -0.4 is 25.4 Å². The Hall–Kier alpha value is -4.66. The van der Waals surface area contributed by atoms with Crippen LogP contribution in [0.1, 0.15) is 63.3 Å². The van der Waals surface area contributed by atoms with E-state index in [4.69, 9.17) is 9.47 Å². The first kappa shape index (κ1) is 32.3. The highest BCUT2D eigenvalue weighted by Gasteiger charge is 2.24. The largest absolute Gasteiger partial charge is 0.497 e. The molecule has 44 heavy (non-hydrogen) atoms. The lowest BCUT2D eigenvalue weighted by molar-refractivity contribution is 0.0825. The number of ether oxygens (including phenoxy) is 2. The fourth-order valence-corrected chi connectivity index (χ4v) is 4.93. The molecule has 0 bridgehead atoms. The lowest BCUT2D eigenvalue weighted by atomic mass is 9.99. The summed E-state index contributed by atoms with van der Waals surface area (Å²) in [5.74, 6) is 0.837. The molecule has 4 aromatic rings. The number of benzene rings is 4. The van der Waals surface area contributed by atoms with E-state index in [0.717, 1.165) is 28.2 Å². The fourth-order valence-electron chi connectivity index (χ4n) is 4.93. The van der Waals surface area contributed by atoms with Crippen LogP contribution in [0.15, 0.2) is 103 Å². The van der Waals surface area contributed by atoms with Crippen LogP contribution in [0, 0.1) is 0 Å². The van der Waals surface area contributed by atoms with E-state index in [1.54, 1.807) is 38.5 Å². The normalized spacial score (nSPS) is 13.7. The van der Waals surface area contributed by atoms with Crippen LogP contribution >= 0.6 is 0 Å². The number of carbonyl (C=O) groups is 2. The molecular weight excluding hydrogens is 554 g/mol. The van der Waals surface area contributed by atoms with Gasteiger partial charge in [-0.3, -0.25) is 9.59 Å². The number of hydrogen-bond donors (Lipinski definition) is 4. The number of aliphatic hydroxyl groups is 1. The number of rotatable bonds is 14. The number of amides is 2. The predicted octanol–water partition coefficient (Wildman–Crippen LogP) is 5.25. The molecule has 0 spiro atoms. The van der Waals surface area contributed by atoms with E-state index in [9.17, 15) is 14.7 Å². The van der Waals surface area contributed by atoms with E-state index < -0.39 is 12.1 Å². The third-order valence-electron chi connectivity index (χ3n) is 7.66. The summed E-state index contributed by atoms with van der Waals surface area (Å²) >= 11 is 0. The van der Waals surface area contributed by atoms with Crippen molar-refractivity contribution in [3.63, 3.8) is 0 Å². The molecule has 0 fully saturated rings. The number of carbonyl (C=O) groups excluding carboxylic acids is 2. The second-order valence-electron chi connectivity index (χ2n) is 10.8. The molecule has 8 heteroatoms. The zero-order valence-electron chi connectivity index (χ0n) is 25.6. The van der Waals surface area contributed by atoms with E-state index in [0.29, 0.717) is 17.5 Å². The quantitative estimate of drug-likeness (QED) is 0.159. The van der Waals surface area contributed by atoms with Crippen LogP contribution in [0.3, 0.4) is 0 Å². The van der Waals surface area contributed by atoms with Crippen LogP contribution in [-0.2, 0) is 6.42 Å². The second-order valence-corrected chi connectivity index (χ2v) is 10.8. The van der Waals surface area contributed by atoms with Crippen LogP contribution in [0.4, 0.5) is 0 Å². The first-order valence-corrected chi connectivity index (χ1v) is 14.7. The van der Waals surface area contributed by atoms with Gasteiger partial charge in [-0.1, -0.05) is 60.7 Å². The average Bonchev–Trinajstić information content (AvgIpc) is 3.07. The standard InChI is InChI=1S/C36H41N3O5/c1-24(28-12-9-15-32(22-28)44-4)37-23-34(40)33(20-26-10-6-5-7-11-26)39-36(42)30-14-8-13-29(21-30)35(41)38-25(2)27-16-18-31(43-3)19-17-27/h5-19,21-22,24-25,33-34,37,40H,20,23H2,1-4H3,(H,38,41)(H,39,42)/t24-,25-,33+,34-/m1/s1. The van der Waals surface area contributed by atoms with Gasteiger partial charge >= 0.3 is 0 Å². The van der Waals surface area contributed by atoms with Crippen LogP contribution in [0.5, 0.6) is 11.5 Å². The van der Waals surface area contributed by atoms with Crippen LogP contribution in [0.2, 0.25) is 0 Å². The maximum atomic E-state index is 13.5. The maximum Gasteiger partial charge on any atom is 0.251 e. The van der Waals surface area contributed by atoms with E-state index in [1.165, 1.54) is 0 Å². The lowest BCUT2D eigenvalue weighted by Gasteiger charge is -2.26. The summed E-state index contributed by atoms with van der Waals surface area (Å²) in [6.07, 6.45) is -0.452. The van der Waals surface area contributed by atoms with Crippen LogP contribution in [-0.4, -0.2) is 49.8 Å². The minimum atomic E-state index is -0.885. The van der Waals surface area contributed by atoms with E-state index in [1.807, 2.05) is 92.7 Å². The van der Waals surface area contributed by atoms with E-state index in [2.05, 4.69) is 16.0 Å². The zero-order valence-corrected chi connectivity index (χ0v) is 25.6. The molecule has 0 aromatic heterocycles. The van der Waals surface area contributed by atoms with Gasteiger partial charge < -0.3 is 30.5 Å². The third kappa shape index (κ3) is 8.92. The monoisotopic (exact) mass is 595 g/mol. The van der Waals surface area contributed by atoms with Gasteiger partial charge in [-0.25, -0.2) is 0 Å². The number of methoxy groups -OCH3 is 2. The van der Waals surface area contributed by atoms with Crippen molar-refractivity contribution in [3.8, 4) is 11.5 Å². The maximum absolute atomic E-state index is 13.5. The Morgan fingerprint density at radius 3 is 1.98 bits per heavy atom. The molecule has 4 rings (SSSR count). The highest BCUT2D eigenvalue weighted by Crippen LogP contribution is 2.20. The Labute approximate surface area is 259 Å². The van der Waals surface area contributed by atoms with Crippen molar-refractivity contribution in [1.82, 2.24) is 16.0 Å². The van der Waals surface area contributed by atoms with Crippen molar-refractivity contribution >= 4 is 11.8 Å². The van der Waals surface area contributed by atoms with Crippen molar-refractivity contribution < 1.29 is 24.2 Å². The topological polar surface area (TPSA) is 109 Å². The van der Waals surface area contributed by atoms with Crippen molar-refractivity contribution in [2.45, 2.75) is 44.5 Å². The smallest absolute Gasteiger partial charge is 0.251 e. The van der Waals surface area contributed by atoms with Gasteiger partial charge in [0.15, 0.2) is 0 Å². The Morgan fingerprint density at radius 2 is 1.32 bits per heavy atom. The molecule has 4 atom stereocenters. The molecule has 0 aliphatic rings. The van der Waals surface area contributed by atoms with E-state index >= 15 is 0 Å². The average molecular weight is 596 g/mol. The number of hydrogen-bond acceptors (Lipinski definition) is 6. The molecular formula is C36H41N3O5. The van der Waals surface area contributed by atoms with Crippen molar-refractivity contribution in [1.29, 1.82) is 0 Å². The van der Waals surface area contributed by atoms with E-state index in [-0.39, 0.29) is 30.4 Å². The summed E-state index contributed by atoms with van der Waals surface area (Å²) in [6.45, 7) is 4.16. The number of nitrogens with one attached hydrogen (secondary N) is 3. The fraction of sp³-hybridized carbons (Fsp3) is 0.278. The summed E-state index contributed by atoms with van der Waals surface area (Å²) in [5, 5.41) is 20.6. The second kappa shape index (κ2) is 15.7. The molecule has 2 amide bonds. The molecule has 230 valence electrons. The highest BCUT2D eigenvalue weighted by molar-refractivity contribution is 5.99. The van der Waals surface area contributed by atoms with Gasteiger partial charge in [0.05, 0.1) is 32.4 Å². The summed E-state index contributed by atoms with van der Waals surface area (Å²) in [5.41, 5.74) is 3.64. The Kier molecular flexibility index (Phi) is 11.5. The summed E-state index contributed by atoms with van der Waals surface area (Å²) in [4.78, 5) is 26.5. The molecule has 8 nitrogen and oxygen atoms in total. The van der Waals surface area contributed by atoms with Gasteiger partial charge in [0.1, 0.15) is 11.5 Å². The predicted molar refractivity (Wildman–Crippen MR) is 172 cm³/mol. The van der Waals surface area contributed by atoms with Gasteiger partial charge in [-0.2, -0.15) is 0 Å². The third-order valence-corrected chi connectivity index (χ3v) is 7.66. The Balaban J connectivity index is 1.43.